The molecule has 1 amide bonds. The van der Waals surface area contributed by atoms with Gasteiger partial charge in [0.1, 0.15) is 6.61 Å². The first kappa shape index (κ1) is 16.3. The molecule has 2 N–H and O–H groups in total. The number of amides is 1. The number of carbonyl (C=O) groups is 1. The van der Waals surface area contributed by atoms with Gasteiger partial charge in [-0.3, -0.25) is 4.79 Å². The molecule has 3 heteroatoms. The Labute approximate surface area is 121 Å². The summed E-state index contributed by atoms with van der Waals surface area (Å²) in [5, 5.41) is 11.8. The number of aryl methyl sites for hydroxylation is 1. The van der Waals surface area contributed by atoms with Crippen LogP contribution in [0.1, 0.15) is 48.7 Å². The standard InChI is InChI=1S/C17H23NO2/c1-5-12(2)14(4)18-17(20)16-9-8-13(3)15(11-16)7-6-10-19/h8-9,11-12,14,19H,5,10H2,1-4H3,(H,18,20). The van der Waals surface area contributed by atoms with Crippen LogP contribution in [0.2, 0.25) is 0 Å². The molecule has 0 radical (unpaired) electrons. The van der Waals surface area contributed by atoms with E-state index < -0.39 is 0 Å². The molecule has 0 bridgehead atoms. The monoisotopic (exact) mass is 273 g/mol. The highest BCUT2D eigenvalue weighted by atomic mass is 16.2. The van der Waals surface area contributed by atoms with Gasteiger partial charge < -0.3 is 10.4 Å². The normalized spacial score (nSPS) is 13.1. The number of aliphatic hydroxyl groups excluding tert-OH is 1. The maximum absolute atomic E-state index is 12.2. The molecular weight excluding hydrogens is 250 g/mol. The quantitative estimate of drug-likeness (QED) is 0.828. The van der Waals surface area contributed by atoms with Gasteiger partial charge in [0.25, 0.3) is 5.91 Å². The molecule has 1 aromatic carbocycles. The highest BCUT2D eigenvalue weighted by molar-refractivity contribution is 5.94. The zero-order chi connectivity index (χ0) is 15.1. The summed E-state index contributed by atoms with van der Waals surface area (Å²) in [6.07, 6.45) is 1.03. The number of rotatable bonds is 4. The minimum absolute atomic E-state index is 0.0788. The fourth-order valence-corrected chi connectivity index (χ4v) is 1.82. The molecule has 20 heavy (non-hydrogen) atoms. The van der Waals surface area contributed by atoms with Gasteiger partial charge in [-0.25, -0.2) is 0 Å². The lowest BCUT2D eigenvalue weighted by atomic mass is 10.00. The van der Waals surface area contributed by atoms with Crippen LogP contribution in [-0.4, -0.2) is 23.7 Å². The van der Waals surface area contributed by atoms with Gasteiger partial charge in [0.15, 0.2) is 0 Å². The van der Waals surface area contributed by atoms with Crippen molar-refractivity contribution in [1.82, 2.24) is 5.32 Å². The molecular formula is C17H23NO2. The Bertz CT molecular complexity index is 526. The van der Waals surface area contributed by atoms with Gasteiger partial charge in [0, 0.05) is 17.2 Å². The second-order valence-electron chi connectivity index (χ2n) is 5.14. The topological polar surface area (TPSA) is 49.3 Å². The van der Waals surface area contributed by atoms with E-state index in [-0.39, 0.29) is 18.6 Å². The van der Waals surface area contributed by atoms with Crippen LogP contribution in [0.15, 0.2) is 18.2 Å². The molecule has 0 saturated heterocycles. The van der Waals surface area contributed by atoms with Crippen LogP contribution < -0.4 is 5.32 Å². The smallest absolute Gasteiger partial charge is 0.251 e. The molecule has 0 aliphatic heterocycles. The van der Waals surface area contributed by atoms with Crippen LogP contribution in [0.5, 0.6) is 0 Å². The molecule has 0 aliphatic rings. The van der Waals surface area contributed by atoms with E-state index >= 15 is 0 Å². The van der Waals surface area contributed by atoms with Crippen molar-refractivity contribution in [1.29, 1.82) is 0 Å². The van der Waals surface area contributed by atoms with Gasteiger partial charge in [-0.05, 0) is 37.5 Å². The third kappa shape index (κ3) is 4.40. The summed E-state index contributed by atoms with van der Waals surface area (Å²) < 4.78 is 0. The first-order valence-electron chi connectivity index (χ1n) is 7.00. The van der Waals surface area contributed by atoms with E-state index in [1.165, 1.54) is 0 Å². The van der Waals surface area contributed by atoms with E-state index in [9.17, 15) is 4.79 Å². The van der Waals surface area contributed by atoms with E-state index in [1.54, 1.807) is 12.1 Å². The van der Waals surface area contributed by atoms with Crippen molar-refractivity contribution in [3.8, 4) is 11.8 Å². The predicted octanol–water partition coefficient (Wildman–Crippen LogP) is 2.50. The zero-order valence-corrected chi connectivity index (χ0v) is 12.7. The van der Waals surface area contributed by atoms with Crippen LogP contribution in [0.4, 0.5) is 0 Å². The first-order chi connectivity index (χ1) is 9.49. The van der Waals surface area contributed by atoms with Crippen molar-refractivity contribution in [2.75, 3.05) is 6.61 Å². The molecule has 108 valence electrons. The molecule has 1 aromatic rings. The lowest BCUT2D eigenvalue weighted by Gasteiger charge is -2.20. The maximum Gasteiger partial charge on any atom is 0.251 e. The Morgan fingerprint density at radius 2 is 2.10 bits per heavy atom. The van der Waals surface area contributed by atoms with Gasteiger partial charge in [-0.2, -0.15) is 0 Å². The molecule has 0 saturated carbocycles. The number of carbonyl (C=O) groups excluding carboxylic acids is 1. The van der Waals surface area contributed by atoms with Gasteiger partial charge in [0.2, 0.25) is 0 Å². The van der Waals surface area contributed by atoms with E-state index in [2.05, 4.69) is 31.0 Å². The third-order valence-corrected chi connectivity index (χ3v) is 3.66. The van der Waals surface area contributed by atoms with E-state index in [1.807, 2.05) is 19.9 Å². The van der Waals surface area contributed by atoms with Crippen molar-refractivity contribution < 1.29 is 9.90 Å². The molecule has 2 atom stereocenters. The molecule has 3 nitrogen and oxygen atoms in total. The number of aliphatic hydroxyl groups is 1. The van der Waals surface area contributed by atoms with Gasteiger partial charge in [-0.15, -0.1) is 0 Å². The van der Waals surface area contributed by atoms with Crippen molar-refractivity contribution in [2.24, 2.45) is 5.92 Å². The van der Waals surface area contributed by atoms with Crippen LogP contribution >= 0.6 is 0 Å². The zero-order valence-electron chi connectivity index (χ0n) is 12.7. The molecule has 1 rings (SSSR count). The Kier molecular flexibility index (Phi) is 6.27. The van der Waals surface area contributed by atoms with E-state index in [0.29, 0.717) is 11.5 Å². The minimum atomic E-state index is -0.180. The van der Waals surface area contributed by atoms with Crippen molar-refractivity contribution >= 4 is 5.91 Å². The van der Waals surface area contributed by atoms with Crippen LogP contribution in [-0.2, 0) is 0 Å². The highest BCUT2D eigenvalue weighted by Gasteiger charge is 2.14. The van der Waals surface area contributed by atoms with Gasteiger partial charge in [0.05, 0.1) is 0 Å². The maximum atomic E-state index is 12.2. The molecule has 0 fully saturated rings. The summed E-state index contributed by atoms with van der Waals surface area (Å²) in [7, 11) is 0. The van der Waals surface area contributed by atoms with Crippen LogP contribution in [0.25, 0.3) is 0 Å². The molecule has 2 unspecified atom stereocenters. The summed E-state index contributed by atoms with van der Waals surface area (Å²) in [6.45, 7) is 8.01. The summed E-state index contributed by atoms with van der Waals surface area (Å²) in [5.41, 5.74) is 2.38. The molecule has 0 heterocycles. The van der Waals surface area contributed by atoms with Crippen molar-refractivity contribution in [3.63, 3.8) is 0 Å². The Balaban J connectivity index is 2.89. The Hall–Kier alpha value is -1.79. The summed E-state index contributed by atoms with van der Waals surface area (Å²) in [5.74, 6) is 5.84. The van der Waals surface area contributed by atoms with Crippen LogP contribution in [0, 0.1) is 24.7 Å². The van der Waals surface area contributed by atoms with Crippen molar-refractivity contribution in [3.05, 3.63) is 34.9 Å². The average molecular weight is 273 g/mol. The lowest BCUT2D eigenvalue weighted by molar-refractivity contribution is 0.0928. The summed E-state index contributed by atoms with van der Waals surface area (Å²) in [4.78, 5) is 12.2. The number of nitrogens with one attached hydrogen (secondary N) is 1. The average Bonchev–Trinajstić information content (AvgIpc) is 2.45. The number of benzene rings is 1. The van der Waals surface area contributed by atoms with Gasteiger partial charge in [-0.1, -0.05) is 38.2 Å². The van der Waals surface area contributed by atoms with Crippen LogP contribution in [0.3, 0.4) is 0 Å². The van der Waals surface area contributed by atoms with Gasteiger partial charge >= 0.3 is 0 Å². The lowest BCUT2D eigenvalue weighted by Crippen LogP contribution is -2.36. The third-order valence-electron chi connectivity index (χ3n) is 3.66. The predicted molar refractivity (Wildman–Crippen MR) is 81.5 cm³/mol. The fraction of sp³-hybridized carbons (Fsp3) is 0.471. The molecule has 0 aromatic heterocycles. The Morgan fingerprint density at radius 3 is 2.70 bits per heavy atom. The fourth-order valence-electron chi connectivity index (χ4n) is 1.82. The SMILES string of the molecule is CCC(C)C(C)NC(=O)c1ccc(C)c(C#CCO)c1. The number of hydrogen-bond acceptors (Lipinski definition) is 2. The first-order valence-corrected chi connectivity index (χ1v) is 7.00. The van der Waals surface area contributed by atoms with E-state index in [4.69, 9.17) is 5.11 Å². The summed E-state index contributed by atoms with van der Waals surface area (Å²) in [6, 6.07) is 5.60. The molecule has 0 aliphatic carbocycles. The second kappa shape index (κ2) is 7.72. The summed E-state index contributed by atoms with van der Waals surface area (Å²) >= 11 is 0. The number of hydrogen-bond donors (Lipinski definition) is 2. The highest BCUT2D eigenvalue weighted by Crippen LogP contribution is 2.12. The van der Waals surface area contributed by atoms with Crippen molar-refractivity contribution in [2.45, 2.75) is 40.2 Å². The Morgan fingerprint density at radius 1 is 1.40 bits per heavy atom. The second-order valence-corrected chi connectivity index (χ2v) is 5.14. The minimum Gasteiger partial charge on any atom is -0.384 e. The molecule has 0 spiro atoms. The van der Waals surface area contributed by atoms with E-state index in [0.717, 1.165) is 17.5 Å². The largest absolute Gasteiger partial charge is 0.384 e.